The molecule has 0 radical (unpaired) electrons. The largest absolute Gasteiger partial charge is 0.480 e. The lowest BCUT2D eigenvalue weighted by molar-refractivity contribution is -0.141. The zero-order valence-corrected chi connectivity index (χ0v) is 13.8. The Balaban J connectivity index is 4.82. The average Bonchev–Trinajstić information content (AvgIpc) is 2.50. The second-order valence-corrected chi connectivity index (χ2v) is 5.17. The van der Waals surface area contributed by atoms with Gasteiger partial charge in [0.2, 0.25) is 23.6 Å². The minimum atomic E-state index is -1.30. The minimum absolute atomic E-state index is 0.140. The summed E-state index contributed by atoms with van der Waals surface area (Å²) in [6, 6.07) is -3.64. The molecular weight excluding hydrogens is 342 g/mol. The molecule has 0 aliphatic rings. The Kier molecular flexibility index (Phi) is 9.42. The fourth-order valence-corrected chi connectivity index (χ4v) is 1.77. The maximum atomic E-state index is 12.0. The van der Waals surface area contributed by atoms with Crippen LogP contribution in [0.5, 0.6) is 0 Å². The smallest absolute Gasteiger partial charge is 0.327 e. The molecular formula is C12H21N5O6S. The van der Waals surface area contributed by atoms with E-state index in [1.807, 2.05) is 0 Å². The van der Waals surface area contributed by atoms with Crippen LogP contribution < -0.4 is 27.4 Å². The van der Waals surface area contributed by atoms with E-state index in [4.69, 9.17) is 16.6 Å². The van der Waals surface area contributed by atoms with Crippen molar-refractivity contribution < 1.29 is 29.1 Å². The van der Waals surface area contributed by atoms with Crippen molar-refractivity contribution in [1.82, 2.24) is 16.0 Å². The van der Waals surface area contributed by atoms with Crippen molar-refractivity contribution in [1.29, 1.82) is 0 Å². The molecule has 4 amide bonds. The number of aliphatic carboxylic acids is 1. The zero-order chi connectivity index (χ0) is 18.9. The third kappa shape index (κ3) is 7.78. The highest BCUT2D eigenvalue weighted by molar-refractivity contribution is 7.80. The first kappa shape index (κ1) is 21.7. The van der Waals surface area contributed by atoms with Crippen LogP contribution in [0.4, 0.5) is 0 Å². The molecule has 0 spiro atoms. The third-order valence-corrected chi connectivity index (χ3v) is 3.16. The SMILES string of the molecule is CC(NC(=O)C(CC(N)=O)NC(=O)CN)C(=O)NC(CS)C(=O)O. The van der Waals surface area contributed by atoms with Gasteiger partial charge in [-0.25, -0.2) is 4.79 Å². The summed E-state index contributed by atoms with van der Waals surface area (Å²) < 4.78 is 0. The Morgan fingerprint density at radius 1 is 1.04 bits per heavy atom. The fraction of sp³-hybridized carbons (Fsp3) is 0.583. The zero-order valence-electron chi connectivity index (χ0n) is 12.9. The topological polar surface area (TPSA) is 194 Å². The highest BCUT2D eigenvalue weighted by Gasteiger charge is 2.27. The molecule has 0 aromatic heterocycles. The molecule has 11 nitrogen and oxygen atoms in total. The molecule has 3 atom stereocenters. The molecule has 8 N–H and O–H groups in total. The van der Waals surface area contributed by atoms with Crippen molar-refractivity contribution in [3.05, 3.63) is 0 Å². The standard InChI is InChI=1S/C12H21N5O6S/c1-5(10(20)17-7(4-24)12(22)23)15-11(21)6(2-8(14)18)16-9(19)3-13/h5-7,24H,2-4,13H2,1H3,(H2,14,18)(H,15,21)(H,16,19)(H,17,20)(H,22,23). The van der Waals surface area contributed by atoms with Crippen LogP contribution >= 0.6 is 12.6 Å². The first-order valence-electron chi connectivity index (χ1n) is 6.84. The van der Waals surface area contributed by atoms with E-state index in [9.17, 15) is 24.0 Å². The van der Waals surface area contributed by atoms with Gasteiger partial charge in [-0.1, -0.05) is 0 Å². The van der Waals surface area contributed by atoms with Crippen LogP contribution in [0.25, 0.3) is 0 Å². The molecule has 0 aromatic carbocycles. The lowest BCUT2D eigenvalue weighted by Gasteiger charge is -2.21. The van der Waals surface area contributed by atoms with E-state index in [2.05, 4.69) is 28.6 Å². The van der Waals surface area contributed by atoms with Gasteiger partial charge in [-0.2, -0.15) is 12.6 Å². The molecule has 136 valence electrons. The van der Waals surface area contributed by atoms with Crippen LogP contribution in [-0.4, -0.2) is 65.1 Å². The maximum Gasteiger partial charge on any atom is 0.327 e. The molecule has 3 unspecified atom stereocenters. The summed E-state index contributed by atoms with van der Waals surface area (Å²) in [4.78, 5) is 57.0. The van der Waals surface area contributed by atoms with Gasteiger partial charge in [0.15, 0.2) is 0 Å². The number of thiol groups is 1. The van der Waals surface area contributed by atoms with E-state index in [-0.39, 0.29) is 5.75 Å². The molecule has 0 saturated heterocycles. The van der Waals surface area contributed by atoms with Crippen LogP contribution in [0, 0.1) is 0 Å². The van der Waals surface area contributed by atoms with Crippen molar-refractivity contribution in [2.75, 3.05) is 12.3 Å². The normalized spacial score (nSPS) is 14.0. The van der Waals surface area contributed by atoms with E-state index < -0.39 is 60.7 Å². The van der Waals surface area contributed by atoms with Crippen molar-refractivity contribution in [2.24, 2.45) is 11.5 Å². The predicted octanol–water partition coefficient (Wildman–Crippen LogP) is -3.69. The number of nitrogens with two attached hydrogens (primary N) is 2. The second kappa shape index (κ2) is 10.4. The summed E-state index contributed by atoms with van der Waals surface area (Å²) in [6.45, 7) is 0.900. The maximum absolute atomic E-state index is 12.0. The number of primary amides is 1. The Bertz CT molecular complexity index is 514. The first-order valence-corrected chi connectivity index (χ1v) is 7.47. The van der Waals surface area contributed by atoms with E-state index in [0.29, 0.717) is 0 Å². The first-order chi connectivity index (χ1) is 11.1. The summed E-state index contributed by atoms with van der Waals surface area (Å²) in [5.74, 6) is -4.55. The highest BCUT2D eigenvalue weighted by atomic mass is 32.1. The molecule has 12 heteroatoms. The molecule has 0 aliphatic carbocycles. The van der Waals surface area contributed by atoms with E-state index in [1.54, 1.807) is 0 Å². The number of rotatable bonds is 10. The van der Waals surface area contributed by atoms with Gasteiger partial charge in [0.05, 0.1) is 13.0 Å². The Labute approximate surface area is 143 Å². The van der Waals surface area contributed by atoms with Crippen molar-refractivity contribution in [3.8, 4) is 0 Å². The summed E-state index contributed by atoms with van der Waals surface area (Å²) in [5, 5.41) is 15.5. The second-order valence-electron chi connectivity index (χ2n) is 4.81. The molecule has 0 aromatic rings. The number of carboxylic acids is 1. The van der Waals surface area contributed by atoms with Gasteiger partial charge >= 0.3 is 5.97 Å². The molecule has 0 saturated carbocycles. The highest BCUT2D eigenvalue weighted by Crippen LogP contribution is 1.96. The number of hydrogen-bond acceptors (Lipinski definition) is 7. The van der Waals surface area contributed by atoms with Gasteiger partial charge < -0.3 is 32.5 Å². The van der Waals surface area contributed by atoms with Crippen LogP contribution in [0.2, 0.25) is 0 Å². The Morgan fingerprint density at radius 2 is 1.62 bits per heavy atom. The van der Waals surface area contributed by atoms with Gasteiger partial charge in [0.1, 0.15) is 18.1 Å². The molecule has 0 fully saturated rings. The Morgan fingerprint density at radius 3 is 2.04 bits per heavy atom. The molecule has 0 heterocycles. The van der Waals surface area contributed by atoms with Crippen LogP contribution in [0.15, 0.2) is 0 Å². The summed E-state index contributed by atoms with van der Waals surface area (Å²) in [7, 11) is 0. The number of nitrogens with one attached hydrogen (secondary N) is 3. The fourth-order valence-electron chi connectivity index (χ4n) is 1.53. The monoisotopic (exact) mass is 363 g/mol. The van der Waals surface area contributed by atoms with E-state index >= 15 is 0 Å². The van der Waals surface area contributed by atoms with Crippen molar-refractivity contribution in [3.63, 3.8) is 0 Å². The third-order valence-electron chi connectivity index (χ3n) is 2.79. The van der Waals surface area contributed by atoms with E-state index in [0.717, 1.165) is 0 Å². The quantitative estimate of drug-likeness (QED) is 0.194. The number of carbonyl (C=O) groups is 5. The number of amides is 4. The van der Waals surface area contributed by atoms with Gasteiger partial charge in [0.25, 0.3) is 0 Å². The molecule has 0 aliphatic heterocycles. The summed E-state index contributed by atoms with van der Waals surface area (Å²) in [6.07, 6.45) is -0.486. The van der Waals surface area contributed by atoms with Gasteiger partial charge in [0, 0.05) is 5.75 Å². The van der Waals surface area contributed by atoms with E-state index in [1.165, 1.54) is 6.92 Å². The minimum Gasteiger partial charge on any atom is -0.480 e. The predicted molar refractivity (Wildman–Crippen MR) is 85.8 cm³/mol. The molecule has 24 heavy (non-hydrogen) atoms. The average molecular weight is 363 g/mol. The van der Waals surface area contributed by atoms with Gasteiger partial charge in [-0.3, -0.25) is 19.2 Å². The van der Waals surface area contributed by atoms with Crippen molar-refractivity contribution >= 4 is 42.2 Å². The van der Waals surface area contributed by atoms with Gasteiger partial charge in [-0.15, -0.1) is 0 Å². The van der Waals surface area contributed by atoms with Crippen LogP contribution in [0.1, 0.15) is 13.3 Å². The summed E-state index contributed by atoms with van der Waals surface area (Å²) >= 11 is 3.79. The van der Waals surface area contributed by atoms with Crippen LogP contribution in [0.3, 0.4) is 0 Å². The van der Waals surface area contributed by atoms with Crippen LogP contribution in [-0.2, 0) is 24.0 Å². The lowest BCUT2D eigenvalue weighted by Crippen LogP contribution is -2.56. The lowest BCUT2D eigenvalue weighted by atomic mass is 10.1. The number of carboxylic acid groups (broad SMARTS) is 1. The molecule has 0 rings (SSSR count). The van der Waals surface area contributed by atoms with Gasteiger partial charge in [-0.05, 0) is 6.92 Å². The number of carbonyl (C=O) groups excluding carboxylic acids is 4. The number of hydrogen-bond donors (Lipinski definition) is 7. The molecule has 0 bridgehead atoms. The van der Waals surface area contributed by atoms with Crippen molar-refractivity contribution in [2.45, 2.75) is 31.5 Å². The summed E-state index contributed by atoms with van der Waals surface area (Å²) in [5.41, 5.74) is 10.1. The Hall–Kier alpha value is -2.34.